The summed E-state index contributed by atoms with van der Waals surface area (Å²) in [7, 11) is 0. The van der Waals surface area contributed by atoms with Crippen molar-refractivity contribution in [3.05, 3.63) is 45.8 Å². The molecule has 0 aliphatic carbocycles. The van der Waals surface area contributed by atoms with E-state index in [2.05, 4.69) is 53.7 Å². The summed E-state index contributed by atoms with van der Waals surface area (Å²) in [5.74, 6) is 0. The molecule has 0 saturated heterocycles. The molecule has 2 nitrogen and oxygen atoms in total. The Hall–Kier alpha value is -1.96. The van der Waals surface area contributed by atoms with Gasteiger partial charge in [0.1, 0.15) is 0 Å². The second-order valence-electron chi connectivity index (χ2n) is 5.75. The quantitative estimate of drug-likeness (QED) is 0.553. The second-order valence-corrected chi connectivity index (χ2v) is 5.75. The predicted molar refractivity (Wildman–Crippen MR) is 85.5 cm³/mol. The molecule has 0 unspecified atom stereocenters. The fourth-order valence-corrected chi connectivity index (χ4v) is 2.97. The SMILES string of the molecule is Cc1nc2ccc3nc(C)c(C)c(C)c3c2c(C)c1C. The van der Waals surface area contributed by atoms with Gasteiger partial charge in [0.05, 0.1) is 11.0 Å². The van der Waals surface area contributed by atoms with E-state index in [1.54, 1.807) is 0 Å². The first kappa shape index (κ1) is 13.0. The van der Waals surface area contributed by atoms with Crippen LogP contribution in [0.4, 0.5) is 0 Å². The number of fused-ring (bicyclic) bond motifs is 3. The van der Waals surface area contributed by atoms with Gasteiger partial charge in [0.25, 0.3) is 0 Å². The van der Waals surface area contributed by atoms with E-state index in [1.165, 1.54) is 33.0 Å². The summed E-state index contributed by atoms with van der Waals surface area (Å²) in [4.78, 5) is 9.50. The summed E-state index contributed by atoms with van der Waals surface area (Å²) < 4.78 is 0. The Morgan fingerprint density at radius 2 is 0.900 bits per heavy atom. The normalized spacial score (nSPS) is 11.5. The zero-order chi connectivity index (χ0) is 14.6. The van der Waals surface area contributed by atoms with Crippen LogP contribution in [0.3, 0.4) is 0 Å². The van der Waals surface area contributed by atoms with Gasteiger partial charge in [0.15, 0.2) is 0 Å². The minimum absolute atomic E-state index is 1.08. The smallest absolute Gasteiger partial charge is 0.0715 e. The second kappa shape index (κ2) is 4.27. The van der Waals surface area contributed by atoms with Crippen molar-refractivity contribution in [2.45, 2.75) is 41.5 Å². The van der Waals surface area contributed by atoms with Crippen LogP contribution in [0.1, 0.15) is 33.6 Å². The summed E-state index contributed by atoms with van der Waals surface area (Å²) in [5.41, 5.74) is 9.59. The van der Waals surface area contributed by atoms with Crippen LogP contribution < -0.4 is 0 Å². The van der Waals surface area contributed by atoms with E-state index >= 15 is 0 Å². The first-order valence-corrected chi connectivity index (χ1v) is 7.06. The Morgan fingerprint density at radius 3 is 1.25 bits per heavy atom. The molecule has 0 saturated carbocycles. The minimum atomic E-state index is 1.08. The molecule has 20 heavy (non-hydrogen) atoms. The van der Waals surface area contributed by atoms with Crippen molar-refractivity contribution in [2.75, 3.05) is 0 Å². The van der Waals surface area contributed by atoms with Gasteiger partial charge in [0.2, 0.25) is 0 Å². The number of pyridine rings is 2. The molecule has 1 aromatic carbocycles. The molecule has 0 bridgehead atoms. The summed E-state index contributed by atoms with van der Waals surface area (Å²) in [6.45, 7) is 12.9. The van der Waals surface area contributed by atoms with Crippen molar-refractivity contribution >= 4 is 21.8 Å². The number of aryl methyl sites for hydroxylation is 4. The van der Waals surface area contributed by atoms with Gasteiger partial charge in [0, 0.05) is 22.2 Å². The lowest BCUT2D eigenvalue weighted by molar-refractivity contribution is 1.15. The Kier molecular flexibility index (Phi) is 2.79. The van der Waals surface area contributed by atoms with Crippen molar-refractivity contribution in [2.24, 2.45) is 0 Å². The van der Waals surface area contributed by atoms with Gasteiger partial charge in [-0.05, 0) is 75.9 Å². The van der Waals surface area contributed by atoms with E-state index in [1.807, 2.05) is 0 Å². The molecular weight excluding hydrogens is 244 g/mol. The molecule has 102 valence electrons. The Bertz CT molecular complexity index is 788. The molecule has 0 spiro atoms. The molecule has 0 fully saturated rings. The highest BCUT2D eigenvalue weighted by atomic mass is 14.7. The van der Waals surface area contributed by atoms with E-state index in [-0.39, 0.29) is 0 Å². The highest BCUT2D eigenvalue weighted by Gasteiger charge is 2.13. The molecule has 3 aromatic rings. The summed E-state index contributed by atoms with van der Waals surface area (Å²) in [6.07, 6.45) is 0. The standard InChI is InChI=1S/C18H20N2/c1-9-11(3)17-15(19-13(9)5)7-8-16-18(17)12(4)10(2)14(6)20-16/h7-8H,1-6H3. The molecule has 2 heteroatoms. The van der Waals surface area contributed by atoms with Crippen molar-refractivity contribution in [3.63, 3.8) is 0 Å². The average Bonchev–Trinajstić information content (AvgIpc) is 2.42. The van der Waals surface area contributed by atoms with E-state index in [4.69, 9.17) is 9.97 Å². The fraction of sp³-hybridized carbons (Fsp3) is 0.333. The number of hydrogen-bond acceptors (Lipinski definition) is 2. The van der Waals surface area contributed by atoms with Crippen LogP contribution in [0.15, 0.2) is 12.1 Å². The number of nitrogens with zero attached hydrogens (tertiary/aromatic N) is 2. The van der Waals surface area contributed by atoms with Crippen LogP contribution in [-0.2, 0) is 0 Å². The van der Waals surface area contributed by atoms with Crippen molar-refractivity contribution in [3.8, 4) is 0 Å². The average molecular weight is 264 g/mol. The molecule has 0 atom stereocenters. The molecule has 2 heterocycles. The maximum absolute atomic E-state index is 4.75. The number of hydrogen-bond donors (Lipinski definition) is 0. The van der Waals surface area contributed by atoms with Crippen LogP contribution in [-0.4, -0.2) is 9.97 Å². The first-order chi connectivity index (χ1) is 9.41. The molecule has 0 aliphatic heterocycles. The Labute approximate surface area is 119 Å². The van der Waals surface area contributed by atoms with Gasteiger partial charge in [-0.1, -0.05) is 0 Å². The lowest BCUT2D eigenvalue weighted by Gasteiger charge is -2.15. The third-order valence-corrected chi connectivity index (χ3v) is 4.70. The summed E-state index contributed by atoms with van der Waals surface area (Å²) in [6, 6.07) is 4.19. The van der Waals surface area contributed by atoms with Crippen LogP contribution in [0, 0.1) is 41.5 Å². The molecule has 2 aromatic heterocycles. The number of aromatic nitrogens is 2. The molecule has 0 aliphatic rings. The van der Waals surface area contributed by atoms with Gasteiger partial charge in [-0.3, -0.25) is 9.97 Å². The third kappa shape index (κ3) is 1.64. The predicted octanol–water partition coefficient (Wildman–Crippen LogP) is 4.63. The number of rotatable bonds is 0. The lowest BCUT2D eigenvalue weighted by atomic mass is 9.95. The maximum Gasteiger partial charge on any atom is 0.0715 e. The van der Waals surface area contributed by atoms with E-state index in [0.29, 0.717) is 0 Å². The first-order valence-electron chi connectivity index (χ1n) is 7.06. The zero-order valence-electron chi connectivity index (χ0n) is 13.0. The lowest BCUT2D eigenvalue weighted by Crippen LogP contribution is -1.99. The van der Waals surface area contributed by atoms with Crippen LogP contribution in [0.25, 0.3) is 21.8 Å². The molecule has 0 radical (unpaired) electrons. The van der Waals surface area contributed by atoms with Gasteiger partial charge in [-0.2, -0.15) is 0 Å². The molecule has 0 N–H and O–H groups in total. The monoisotopic (exact) mass is 264 g/mol. The van der Waals surface area contributed by atoms with Crippen molar-refractivity contribution in [1.29, 1.82) is 0 Å². The maximum atomic E-state index is 4.75. The largest absolute Gasteiger partial charge is 0.253 e. The van der Waals surface area contributed by atoms with Crippen LogP contribution >= 0.6 is 0 Å². The van der Waals surface area contributed by atoms with Crippen molar-refractivity contribution in [1.82, 2.24) is 9.97 Å². The summed E-state index contributed by atoms with van der Waals surface area (Å²) in [5, 5.41) is 2.53. The van der Waals surface area contributed by atoms with Gasteiger partial charge >= 0.3 is 0 Å². The Balaban J connectivity index is 2.66. The highest BCUT2D eigenvalue weighted by molar-refractivity contribution is 6.08. The van der Waals surface area contributed by atoms with Gasteiger partial charge in [-0.15, -0.1) is 0 Å². The Morgan fingerprint density at radius 1 is 0.550 bits per heavy atom. The fourth-order valence-electron chi connectivity index (χ4n) is 2.97. The van der Waals surface area contributed by atoms with Crippen LogP contribution in [0.5, 0.6) is 0 Å². The third-order valence-electron chi connectivity index (χ3n) is 4.70. The summed E-state index contributed by atoms with van der Waals surface area (Å²) >= 11 is 0. The molecular formula is C18H20N2. The zero-order valence-corrected chi connectivity index (χ0v) is 13.0. The van der Waals surface area contributed by atoms with E-state index < -0.39 is 0 Å². The highest BCUT2D eigenvalue weighted by Crippen LogP contribution is 2.32. The molecule has 3 rings (SSSR count). The van der Waals surface area contributed by atoms with Gasteiger partial charge < -0.3 is 0 Å². The van der Waals surface area contributed by atoms with E-state index in [0.717, 1.165) is 22.4 Å². The van der Waals surface area contributed by atoms with Gasteiger partial charge in [-0.25, -0.2) is 0 Å². The van der Waals surface area contributed by atoms with E-state index in [9.17, 15) is 0 Å². The van der Waals surface area contributed by atoms with Crippen molar-refractivity contribution < 1.29 is 0 Å². The topological polar surface area (TPSA) is 25.8 Å². The number of benzene rings is 1. The minimum Gasteiger partial charge on any atom is -0.253 e. The molecule has 0 amide bonds. The van der Waals surface area contributed by atoms with Crippen LogP contribution in [0.2, 0.25) is 0 Å².